The number of nitrogens with two attached hydrogens (primary N) is 1. The van der Waals surface area contributed by atoms with E-state index in [0.29, 0.717) is 6.54 Å². The topological polar surface area (TPSA) is 64.3 Å². The van der Waals surface area contributed by atoms with E-state index in [2.05, 4.69) is 5.32 Å². The third-order valence-corrected chi connectivity index (χ3v) is 2.85. The Bertz CT molecular complexity index is 348. The molecule has 0 aliphatic rings. The number of alkyl carbamates (subject to hydrolysis) is 1. The molecule has 0 saturated heterocycles. The lowest BCUT2D eigenvalue weighted by molar-refractivity contribution is 0.128. The summed E-state index contributed by atoms with van der Waals surface area (Å²) in [5.74, 6) is 0. The molecule has 0 spiro atoms. The van der Waals surface area contributed by atoms with Crippen LogP contribution in [0.25, 0.3) is 0 Å². The molecule has 0 heterocycles. The zero-order valence-corrected chi connectivity index (χ0v) is 10.4. The SMILES string of the molecule is CCC(C)(CN)NC(=O)OCc1ccccc1. The van der Waals surface area contributed by atoms with Crippen LogP contribution in [0, 0.1) is 0 Å². The van der Waals surface area contributed by atoms with Gasteiger partial charge in [-0.05, 0) is 18.9 Å². The van der Waals surface area contributed by atoms with Crippen molar-refractivity contribution in [3.05, 3.63) is 35.9 Å². The van der Waals surface area contributed by atoms with Gasteiger partial charge in [-0.25, -0.2) is 4.79 Å². The lowest BCUT2D eigenvalue weighted by Crippen LogP contribution is -2.51. The largest absolute Gasteiger partial charge is 0.445 e. The summed E-state index contributed by atoms with van der Waals surface area (Å²) in [6, 6.07) is 9.57. The molecular weight excluding hydrogens is 216 g/mol. The minimum Gasteiger partial charge on any atom is -0.445 e. The van der Waals surface area contributed by atoms with Crippen molar-refractivity contribution in [2.24, 2.45) is 5.73 Å². The third-order valence-electron chi connectivity index (χ3n) is 2.85. The summed E-state index contributed by atoms with van der Waals surface area (Å²) in [6.45, 7) is 4.54. The van der Waals surface area contributed by atoms with Crippen LogP contribution in [0.15, 0.2) is 30.3 Å². The van der Waals surface area contributed by atoms with E-state index >= 15 is 0 Å². The molecule has 1 amide bonds. The summed E-state index contributed by atoms with van der Waals surface area (Å²) >= 11 is 0. The molecule has 4 heteroatoms. The summed E-state index contributed by atoms with van der Waals surface area (Å²) in [6.07, 6.45) is 0.341. The minimum atomic E-state index is -0.427. The number of carbonyl (C=O) groups is 1. The van der Waals surface area contributed by atoms with Gasteiger partial charge >= 0.3 is 6.09 Å². The molecule has 0 fully saturated rings. The van der Waals surface area contributed by atoms with Gasteiger partial charge in [0, 0.05) is 6.54 Å². The zero-order chi connectivity index (χ0) is 12.7. The Balaban J connectivity index is 2.40. The highest BCUT2D eigenvalue weighted by molar-refractivity contribution is 5.68. The molecule has 3 N–H and O–H groups in total. The number of hydrogen-bond acceptors (Lipinski definition) is 3. The molecule has 1 unspecified atom stereocenters. The average Bonchev–Trinajstić information content (AvgIpc) is 2.37. The lowest BCUT2D eigenvalue weighted by atomic mass is 10.00. The van der Waals surface area contributed by atoms with Crippen LogP contribution >= 0.6 is 0 Å². The van der Waals surface area contributed by atoms with Gasteiger partial charge in [-0.15, -0.1) is 0 Å². The van der Waals surface area contributed by atoms with Crippen LogP contribution in [0.5, 0.6) is 0 Å². The van der Waals surface area contributed by atoms with Crippen LogP contribution in [-0.2, 0) is 11.3 Å². The van der Waals surface area contributed by atoms with E-state index in [4.69, 9.17) is 10.5 Å². The van der Waals surface area contributed by atoms with E-state index in [1.165, 1.54) is 0 Å². The van der Waals surface area contributed by atoms with Crippen LogP contribution in [0.1, 0.15) is 25.8 Å². The summed E-state index contributed by atoms with van der Waals surface area (Å²) in [7, 11) is 0. The van der Waals surface area contributed by atoms with Gasteiger partial charge in [-0.3, -0.25) is 0 Å². The normalized spacial score (nSPS) is 13.8. The maximum absolute atomic E-state index is 11.6. The first kappa shape index (κ1) is 13.5. The van der Waals surface area contributed by atoms with Gasteiger partial charge < -0.3 is 15.8 Å². The van der Waals surface area contributed by atoms with E-state index < -0.39 is 11.6 Å². The first-order valence-corrected chi connectivity index (χ1v) is 5.78. The number of hydrogen-bond donors (Lipinski definition) is 2. The van der Waals surface area contributed by atoms with Crippen LogP contribution in [-0.4, -0.2) is 18.2 Å². The predicted molar refractivity (Wildman–Crippen MR) is 67.5 cm³/mol. The monoisotopic (exact) mass is 236 g/mol. The molecule has 94 valence electrons. The van der Waals surface area contributed by atoms with Gasteiger partial charge in [0.05, 0.1) is 5.54 Å². The predicted octanol–water partition coefficient (Wildman–Crippen LogP) is 2.04. The smallest absolute Gasteiger partial charge is 0.407 e. The summed E-state index contributed by atoms with van der Waals surface area (Å²) < 4.78 is 5.12. The number of rotatable bonds is 5. The molecule has 0 saturated carbocycles. The number of amides is 1. The highest BCUT2D eigenvalue weighted by atomic mass is 16.5. The Morgan fingerprint density at radius 3 is 2.59 bits per heavy atom. The maximum atomic E-state index is 11.6. The van der Waals surface area contributed by atoms with Crippen molar-refractivity contribution < 1.29 is 9.53 Å². The highest BCUT2D eigenvalue weighted by Crippen LogP contribution is 2.07. The quantitative estimate of drug-likeness (QED) is 0.822. The fourth-order valence-corrected chi connectivity index (χ4v) is 1.29. The Hall–Kier alpha value is -1.55. The number of ether oxygens (including phenoxy) is 1. The molecule has 0 radical (unpaired) electrons. The fraction of sp³-hybridized carbons (Fsp3) is 0.462. The van der Waals surface area contributed by atoms with E-state index in [1.807, 2.05) is 44.2 Å². The molecule has 1 rings (SSSR count). The molecule has 17 heavy (non-hydrogen) atoms. The molecule has 1 atom stereocenters. The van der Waals surface area contributed by atoms with Crippen LogP contribution < -0.4 is 11.1 Å². The second-order valence-corrected chi connectivity index (χ2v) is 4.31. The highest BCUT2D eigenvalue weighted by Gasteiger charge is 2.22. The Morgan fingerprint density at radius 2 is 2.06 bits per heavy atom. The minimum absolute atomic E-state index is 0.275. The molecule has 1 aromatic carbocycles. The van der Waals surface area contributed by atoms with E-state index in [-0.39, 0.29) is 6.61 Å². The van der Waals surface area contributed by atoms with Crippen LogP contribution in [0.3, 0.4) is 0 Å². The second-order valence-electron chi connectivity index (χ2n) is 4.31. The third kappa shape index (κ3) is 4.44. The standard InChI is InChI=1S/C13H20N2O2/c1-3-13(2,10-14)15-12(16)17-9-11-7-5-4-6-8-11/h4-8H,3,9-10,14H2,1-2H3,(H,15,16). The van der Waals surface area contributed by atoms with Crippen molar-refractivity contribution in [1.29, 1.82) is 0 Å². The average molecular weight is 236 g/mol. The van der Waals surface area contributed by atoms with Gasteiger partial charge in [0.15, 0.2) is 0 Å². The van der Waals surface area contributed by atoms with Crippen molar-refractivity contribution in [2.75, 3.05) is 6.54 Å². The molecule has 4 nitrogen and oxygen atoms in total. The van der Waals surface area contributed by atoms with Gasteiger partial charge in [0.2, 0.25) is 0 Å². The number of nitrogens with one attached hydrogen (secondary N) is 1. The van der Waals surface area contributed by atoms with Gasteiger partial charge in [0.25, 0.3) is 0 Å². The van der Waals surface area contributed by atoms with Gasteiger partial charge in [-0.1, -0.05) is 37.3 Å². The molecular formula is C13H20N2O2. The fourth-order valence-electron chi connectivity index (χ4n) is 1.29. The van der Waals surface area contributed by atoms with E-state index in [9.17, 15) is 4.79 Å². The zero-order valence-electron chi connectivity index (χ0n) is 10.4. The molecule has 0 aliphatic carbocycles. The molecule has 0 aliphatic heterocycles. The summed E-state index contributed by atoms with van der Waals surface area (Å²) in [4.78, 5) is 11.6. The first-order valence-electron chi connectivity index (χ1n) is 5.78. The molecule has 0 aromatic heterocycles. The number of carbonyl (C=O) groups excluding carboxylic acids is 1. The van der Waals surface area contributed by atoms with Crippen molar-refractivity contribution >= 4 is 6.09 Å². The maximum Gasteiger partial charge on any atom is 0.407 e. The molecule has 0 bridgehead atoms. The number of benzene rings is 1. The lowest BCUT2D eigenvalue weighted by Gasteiger charge is -2.27. The van der Waals surface area contributed by atoms with Crippen molar-refractivity contribution in [2.45, 2.75) is 32.4 Å². The van der Waals surface area contributed by atoms with Crippen LogP contribution in [0.2, 0.25) is 0 Å². The van der Waals surface area contributed by atoms with Gasteiger partial charge in [0.1, 0.15) is 6.61 Å². The Kier molecular flexibility index (Phi) is 4.97. The van der Waals surface area contributed by atoms with Crippen LogP contribution in [0.4, 0.5) is 4.79 Å². The summed E-state index contributed by atoms with van der Waals surface area (Å²) in [5, 5.41) is 2.78. The molecule has 1 aromatic rings. The Morgan fingerprint density at radius 1 is 1.41 bits per heavy atom. The van der Waals surface area contributed by atoms with Crippen molar-refractivity contribution in [3.8, 4) is 0 Å². The van der Waals surface area contributed by atoms with E-state index in [1.54, 1.807) is 0 Å². The summed E-state index contributed by atoms with van der Waals surface area (Å²) in [5.41, 5.74) is 6.17. The van der Waals surface area contributed by atoms with Crippen molar-refractivity contribution in [1.82, 2.24) is 5.32 Å². The first-order chi connectivity index (χ1) is 8.09. The van der Waals surface area contributed by atoms with Gasteiger partial charge in [-0.2, -0.15) is 0 Å². The Labute approximate surface area is 102 Å². The second kappa shape index (κ2) is 6.25. The van der Waals surface area contributed by atoms with E-state index in [0.717, 1.165) is 12.0 Å². The van der Waals surface area contributed by atoms with Crippen molar-refractivity contribution in [3.63, 3.8) is 0 Å².